The first kappa shape index (κ1) is 20.4. The maximum atomic E-state index is 13.6. The van der Waals surface area contributed by atoms with Crippen LogP contribution in [0.15, 0.2) is 72.9 Å². The number of hydrogen-bond donors (Lipinski definition) is 1. The highest BCUT2D eigenvalue weighted by atomic mass is 79.9. The summed E-state index contributed by atoms with van der Waals surface area (Å²) in [6.45, 7) is 2.31. The van der Waals surface area contributed by atoms with Crippen LogP contribution in [-0.4, -0.2) is 22.5 Å². The lowest BCUT2D eigenvalue weighted by Gasteiger charge is -2.24. The highest BCUT2D eigenvalue weighted by molar-refractivity contribution is 9.10. The fourth-order valence-corrected chi connectivity index (χ4v) is 4.41. The van der Waals surface area contributed by atoms with Crippen molar-refractivity contribution in [3.05, 3.63) is 92.1 Å². The van der Waals surface area contributed by atoms with Gasteiger partial charge in [-0.15, -0.1) is 0 Å². The molecule has 7 nitrogen and oxygen atoms in total. The molecule has 1 aliphatic heterocycles. The Morgan fingerprint density at radius 3 is 2.75 bits per heavy atom. The van der Waals surface area contributed by atoms with Gasteiger partial charge in [-0.05, 0) is 55.0 Å². The topological polar surface area (TPSA) is 93.1 Å². The van der Waals surface area contributed by atoms with E-state index in [4.69, 9.17) is 13.6 Å². The molecular formula is C24H18BrNO6. The predicted octanol–water partition coefficient (Wildman–Crippen LogP) is 5.00. The van der Waals surface area contributed by atoms with Crippen LogP contribution in [0.1, 0.15) is 40.4 Å². The first-order valence-electron chi connectivity index (χ1n) is 10.0. The molecule has 5 rings (SSSR count). The molecule has 0 saturated heterocycles. The summed E-state index contributed by atoms with van der Waals surface area (Å²) < 4.78 is 17.6. The van der Waals surface area contributed by atoms with Crippen LogP contribution < -0.4 is 10.2 Å². The van der Waals surface area contributed by atoms with Gasteiger partial charge in [-0.2, -0.15) is 0 Å². The second-order valence-corrected chi connectivity index (χ2v) is 8.31. The van der Waals surface area contributed by atoms with Crippen molar-refractivity contribution in [1.82, 2.24) is 4.90 Å². The van der Waals surface area contributed by atoms with Crippen molar-refractivity contribution in [3.8, 4) is 11.5 Å². The second kappa shape index (κ2) is 7.87. The second-order valence-electron chi connectivity index (χ2n) is 7.39. The SMILES string of the molecule is CCOc1cc(C2c3c(oc4ccc(Br)cc4c3=O)C(=O)N2Cc2ccco2)ccc1O. The number of phenolic OH excluding ortho intramolecular Hbond substituents is 1. The van der Waals surface area contributed by atoms with E-state index in [-0.39, 0.29) is 34.8 Å². The summed E-state index contributed by atoms with van der Waals surface area (Å²) >= 11 is 3.39. The number of amides is 1. The minimum Gasteiger partial charge on any atom is -0.504 e. The standard InChI is InChI=1S/C24H18BrNO6/c1-2-30-19-10-13(5-7-17(19)27)21-20-22(28)16-11-14(25)6-8-18(16)32-23(20)24(29)26(21)12-15-4-3-9-31-15/h3-11,21,27H,2,12H2,1H3. The number of halogens is 1. The zero-order valence-electron chi connectivity index (χ0n) is 17.0. The summed E-state index contributed by atoms with van der Waals surface area (Å²) in [7, 11) is 0. The highest BCUT2D eigenvalue weighted by Gasteiger charge is 2.43. The number of furan rings is 1. The molecule has 2 aromatic heterocycles. The van der Waals surface area contributed by atoms with Gasteiger partial charge in [0.2, 0.25) is 5.76 Å². The van der Waals surface area contributed by atoms with E-state index in [0.29, 0.717) is 28.9 Å². The molecule has 1 atom stereocenters. The zero-order valence-corrected chi connectivity index (χ0v) is 18.6. The van der Waals surface area contributed by atoms with Gasteiger partial charge in [0.15, 0.2) is 16.9 Å². The lowest BCUT2D eigenvalue weighted by atomic mass is 9.98. The van der Waals surface area contributed by atoms with Gasteiger partial charge < -0.3 is 23.6 Å². The fourth-order valence-electron chi connectivity index (χ4n) is 4.04. The normalized spacial score (nSPS) is 15.4. The van der Waals surface area contributed by atoms with Crippen LogP contribution >= 0.6 is 15.9 Å². The summed E-state index contributed by atoms with van der Waals surface area (Å²) in [5.74, 6) is 0.422. The summed E-state index contributed by atoms with van der Waals surface area (Å²) in [5, 5.41) is 10.5. The molecule has 3 heterocycles. The van der Waals surface area contributed by atoms with Gasteiger partial charge in [0.25, 0.3) is 5.91 Å². The van der Waals surface area contributed by atoms with E-state index < -0.39 is 11.9 Å². The van der Waals surface area contributed by atoms with Crippen LogP contribution in [-0.2, 0) is 6.54 Å². The highest BCUT2D eigenvalue weighted by Crippen LogP contribution is 2.41. The summed E-state index contributed by atoms with van der Waals surface area (Å²) in [5.41, 5.74) is 0.922. The van der Waals surface area contributed by atoms with Crippen molar-refractivity contribution < 1.29 is 23.5 Å². The average molecular weight is 496 g/mol. The third kappa shape index (κ3) is 3.27. The van der Waals surface area contributed by atoms with E-state index in [1.54, 1.807) is 42.5 Å². The number of aromatic hydroxyl groups is 1. The third-order valence-electron chi connectivity index (χ3n) is 5.43. The quantitative estimate of drug-likeness (QED) is 0.418. The van der Waals surface area contributed by atoms with Crippen LogP contribution in [0.2, 0.25) is 0 Å². The minimum absolute atomic E-state index is 0.00686. The molecule has 0 radical (unpaired) electrons. The molecule has 1 amide bonds. The Morgan fingerprint density at radius 2 is 2.00 bits per heavy atom. The van der Waals surface area contributed by atoms with Crippen LogP contribution in [0.4, 0.5) is 0 Å². The van der Waals surface area contributed by atoms with Gasteiger partial charge in [-0.25, -0.2) is 0 Å². The minimum atomic E-state index is -0.734. The van der Waals surface area contributed by atoms with E-state index in [1.165, 1.54) is 17.2 Å². The van der Waals surface area contributed by atoms with E-state index in [0.717, 1.165) is 4.47 Å². The first-order valence-corrected chi connectivity index (χ1v) is 10.8. The lowest BCUT2D eigenvalue weighted by Crippen LogP contribution is -2.29. The predicted molar refractivity (Wildman–Crippen MR) is 120 cm³/mol. The number of phenols is 1. The number of ether oxygens (including phenoxy) is 1. The molecule has 2 aromatic carbocycles. The molecule has 0 bridgehead atoms. The molecular weight excluding hydrogens is 478 g/mol. The lowest BCUT2D eigenvalue weighted by molar-refractivity contribution is 0.0701. The van der Waals surface area contributed by atoms with E-state index in [2.05, 4.69) is 15.9 Å². The van der Waals surface area contributed by atoms with E-state index >= 15 is 0 Å². The number of rotatable bonds is 5. The fraction of sp³-hybridized carbons (Fsp3) is 0.167. The molecule has 162 valence electrons. The van der Waals surface area contributed by atoms with Crippen LogP contribution in [0.5, 0.6) is 11.5 Å². The van der Waals surface area contributed by atoms with Gasteiger partial charge >= 0.3 is 0 Å². The van der Waals surface area contributed by atoms with Gasteiger partial charge in [0.1, 0.15) is 11.3 Å². The Balaban J connectivity index is 1.74. The number of hydrogen-bond acceptors (Lipinski definition) is 6. The molecule has 0 fully saturated rings. The molecule has 1 unspecified atom stereocenters. The Morgan fingerprint density at radius 1 is 1.16 bits per heavy atom. The first-order chi connectivity index (χ1) is 15.5. The van der Waals surface area contributed by atoms with Crippen molar-refractivity contribution in [2.24, 2.45) is 0 Å². The molecule has 0 spiro atoms. The van der Waals surface area contributed by atoms with E-state index in [1.807, 2.05) is 6.92 Å². The molecule has 1 aliphatic rings. The molecule has 0 saturated carbocycles. The monoisotopic (exact) mass is 495 g/mol. The number of fused-ring (bicyclic) bond motifs is 2. The molecule has 0 aliphatic carbocycles. The van der Waals surface area contributed by atoms with Crippen molar-refractivity contribution in [3.63, 3.8) is 0 Å². The summed E-state index contributed by atoms with van der Waals surface area (Å²) in [6, 6.07) is 12.7. The Labute approximate surface area is 191 Å². The van der Waals surface area contributed by atoms with Gasteiger partial charge in [0, 0.05) is 4.47 Å². The van der Waals surface area contributed by atoms with Crippen LogP contribution in [0.3, 0.4) is 0 Å². The number of benzene rings is 2. The van der Waals surface area contributed by atoms with Crippen molar-refractivity contribution in [2.75, 3.05) is 6.61 Å². The summed E-state index contributed by atoms with van der Waals surface area (Å²) in [6.07, 6.45) is 1.53. The molecule has 8 heteroatoms. The van der Waals surface area contributed by atoms with Crippen molar-refractivity contribution in [1.29, 1.82) is 0 Å². The maximum Gasteiger partial charge on any atom is 0.291 e. The number of carbonyl (C=O) groups excluding carboxylic acids is 1. The third-order valence-corrected chi connectivity index (χ3v) is 5.93. The zero-order chi connectivity index (χ0) is 22.4. The molecule has 1 N–H and O–H groups in total. The van der Waals surface area contributed by atoms with Crippen molar-refractivity contribution in [2.45, 2.75) is 19.5 Å². The largest absolute Gasteiger partial charge is 0.504 e. The molecule has 4 aromatic rings. The molecule has 32 heavy (non-hydrogen) atoms. The van der Waals surface area contributed by atoms with Crippen molar-refractivity contribution >= 4 is 32.8 Å². The maximum absolute atomic E-state index is 13.6. The Kier molecular flexibility index (Phi) is 5.01. The average Bonchev–Trinajstić information content (AvgIpc) is 3.38. The smallest absolute Gasteiger partial charge is 0.291 e. The van der Waals surface area contributed by atoms with Gasteiger partial charge in [0.05, 0.1) is 36.4 Å². The Bertz CT molecular complexity index is 1390. The van der Waals surface area contributed by atoms with Crippen LogP contribution in [0, 0.1) is 0 Å². The number of nitrogens with zero attached hydrogens (tertiary/aromatic N) is 1. The van der Waals surface area contributed by atoms with Gasteiger partial charge in [-0.3, -0.25) is 9.59 Å². The van der Waals surface area contributed by atoms with E-state index in [9.17, 15) is 14.7 Å². The Hall–Kier alpha value is -3.52. The number of carbonyl (C=O) groups is 1. The summed E-state index contributed by atoms with van der Waals surface area (Å²) in [4.78, 5) is 28.5. The van der Waals surface area contributed by atoms with Gasteiger partial charge in [-0.1, -0.05) is 22.0 Å². The van der Waals surface area contributed by atoms with Crippen LogP contribution in [0.25, 0.3) is 11.0 Å².